The Bertz CT molecular complexity index is 365. The summed E-state index contributed by atoms with van der Waals surface area (Å²) in [5.41, 5.74) is 1.29. The highest BCUT2D eigenvalue weighted by Gasteiger charge is 2.15. The molecule has 1 unspecified atom stereocenters. The molecule has 0 bridgehead atoms. The Labute approximate surface area is 116 Å². The molecule has 1 aromatic rings. The molecule has 0 amide bonds. The van der Waals surface area contributed by atoms with Crippen molar-refractivity contribution < 1.29 is 4.74 Å². The molecule has 0 radical (unpaired) electrons. The van der Waals surface area contributed by atoms with Crippen LogP contribution in [0, 0.1) is 0 Å². The van der Waals surface area contributed by atoms with E-state index in [9.17, 15) is 0 Å². The van der Waals surface area contributed by atoms with Gasteiger partial charge in [0.1, 0.15) is 0 Å². The van der Waals surface area contributed by atoms with Gasteiger partial charge in [-0.15, -0.1) is 0 Å². The van der Waals surface area contributed by atoms with Crippen molar-refractivity contribution in [2.75, 3.05) is 6.54 Å². The molecule has 102 valence electrons. The maximum absolute atomic E-state index is 5.93. The average Bonchev–Trinajstić information content (AvgIpc) is 2.34. The Kier molecular flexibility index (Phi) is 6.13. The van der Waals surface area contributed by atoms with Crippen molar-refractivity contribution in [1.29, 1.82) is 0 Å². The van der Waals surface area contributed by atoms with Crippen LogP contribution in [0.1, 0.15) is 39.7 Å². The number of rotatable bonds is 7. The highest BCUT2D eigenvalue weighted by atomic mass is 35.5. The lowest BCUT2D eigenvalue weighted by molar-refractivity contribution is 0.0483. The summed E-state index contributed by atoms with van der Waals surface area (Å²) in [6.07, 6.45) is 1.29. The van der Waals surface area contributed by atoms with Gasteiger partial charge in [-0.05, 0) is 44.9 Å². The number of benzene rings is 1. The van der Waals surface area contributed by atoms with Gasteiger partial charge in [0.2, 0.25) is 0 Å². The maximum Gasteiger partial charge on any atom is 0.0721 e. The van der Waals surface area contributed by atoms with Gasteiger partial charge < -0.3 is 10.1 Å². The van der Waals surface area contributed by atoms with Gasteiger partial charge in [-0.1, -0.05) is 30.7 Å². The molecular weight excluding hydrogens is 246 g/mol. The summed E-state index contributed by atoms with van der Waals surface area (Å²) < 4.78 is 5.80. The molecule has 0 aromatic heterocycles. The SMILES string of the molecule is CCC(C)(C)NCC(C)OCc1cccc(Cl)c1. The number of nitrogens with one attached hydrogen (secondary N) is 1. The molecule has 0 fully saturated rings. The Morgan fingerprint density at radius 3 is 2.72 bits per heavy atom. The molecule has 3 heteroatoms. The largest absolute Gasteiger partial charge is 0.373 e. The van der Waals surface area contributed by atoms with Gasteiger partial charge in [-0.25, -0.2) is 0 Å². The highest BCUT2D eigenvalue weighted by Crippen LogP contribution is 2.12. The number of hydrogen-bond donors (Lipinski definition) is 1. The van der Waals surface area contributed by atoms with Crippen molar-refractivity contribution in [3.8, 4) is 0 Å². The van der Waals surface area contributed by atoms with E-state index in [1.165, 1.54) is 0 Å². The van der Waals surface area contributed by atoms with Crippen LogP contribution < -0.4 is 5.32 Å². The Balaban J connectivity index is 2.31. The quantitative estimate of drug-likeness (QED) is 0.807. The molecule has 18 heavy (non-hydrogen) atoms. The maximum atomic E-state index is 5.93. The molecule has 0 aliphatic heterocycles. The van der Waals surface area contributed by atoms with E-state index in [0.29, 0.717) is 6.61 Å². The lowest BCUT2D eigenvalue weighted by atomic mass is 10.0. The van der Waals surface area contributed by atoms with E-state index < -0.39 is 0 Å². The summed E-state index contributed by atoms with van der Waals surface area (Å²) in [6, 6.07) is 7.80. The van der Waals surface area contributed by atoms with Crippen LogP contribution in [0.2, 0.25) is 5.02 Å². The third-order valence-electron chi connectivity index (χ3n) is 3.18. The van der Waals surface area contributed by atoms with Crippen molar-refractivity contribution in [3.05, 3.63) is 34.9 Å². The normalized spacial score (nSPS) is 13.6. The van der Waals surface area contributed by atoms with Crippen molar-refractivity contribution >= 4 is 11.6 Å². The zero-order chi connectivity index (χ0) is 13.6. The van der Waals surface area contributed by atoms with Gasteiger partial charge in [-0.2, -0.15) is 0 Å². The minimum absolute atomic E-state index is 0.174. The Hall–Kier alpha value is -0.570. The molecular formula is C15H24ClNO. The first-order valence-corrected chi connectivity index (χ1v) is 6.92. The Morgan fingerprint density at radius 2 is 2.11 bits per heavy atom. The van der Waals surface area contributed by atoms with E-state index in [0.717, 1.165) is 23.6 Å². The van der Waals surface area contributed by atoms with Crippen molar-refractivity contribution in [2.45, 2.75) is 52.4 Å². The number of ether oxygens (including phenoxy) is 1. The van der Waals surface area contributed by atoms with Gasteiger partial charge in [0.25, 0.3) is 0 Å². The zero-order valence-corrected chi connectivity index (χ0v) is 12.6. The average molecular weight is 270 g/mol. The molecule has 0 aliphatic carbocycles. The van der Waals surface area contributed by atoms with E-state index in [4.69, 9.17) is 16.3 Å². The number of hydrogen-bond acceptors (Lipinski definition) is 2. The third kappa shape index (κ3) is 5.85. The van der Waals surface area contributed by atoms with Crippen molar-refractivity contribution in [3.63, 3.8) is 0 Å². The third-order valence-corrected chi connectivity index (χ3v) is 3.41. The summed E-state index contributed by atoms with van der Waals surface area (Å²) in [5.74, 6) is 0. The summed E-state index contributed by atoms with van der Waals surface area (Å²) in [7, 11) is 0. The summed E-state index contributed by atoms with van der Waals surface area (Å²) in [4.78, 5) is 0. The molecule has 0 spiro atoms. The van der Waals surface area contributed by atoms with Crippen LogP contribution in [-0.4, -0.2) is 18.2 Å². The zero-order valence-electron chi connectivity index (χ0n) is 11.8. The second kappa shape index (κ2) is 7.13. The fourth-order valence-corrected chi connectivity index (χ4v) is 1.68. The van der Waals surface area contributed by atoms with Gasteiger partial charge >= 0.3 is 0 Å². The first kappa shape index (κ1) is 15.5. The lowest BCUT2D eigenvalue weighted by Gasteiger charge is -2.26. The van der Waals surface area contributed by atoms with Crippen LogP contribution in [0.5, 0.6) is 0 Å². The second-order valence-corrected chi connectivity index (χ2v) is 5.81. The van der Waals surface area contributed by atoms with E-state index in [2.05, 4.69) is 33.0 Å². The van der Waals surface area contributed by atoms with Gasteiger partial charge in [0.05, 0.1) is 12.7 Å². The molecule has 0 aliphatic rings. The molecule has 2 nitrogen and oxygen atoms in total. The molecule has 0 saturated heterocycles. The molecule has 1 N–H and O–H groups in total. The van der Waals surface area contributed by atoms with Crippen LogP contribution in [-0.2, 0) is 11.3 Å². The van der Waals surface area contributed by atoms with Gasteiger partial charge in [-0.3, -0.25) is 0 Å². The van der Waals surface area contributed by atoms with Crippen LogP contribution in [0.25, 0.3) is 0 Å². The van der Waals surface area contributed by atoms with Crippen LogP contribution in [0.3, 0.4) is 0 Å². The standard InChI is InChI=1S/C15H24ClNO/c1-5-15(3,4)17-10-12(2)18-11-13-7-6-8-14(16)9-13/h6-9,12,17H,5,10-11H2,1-4H3. The van der Waals surface area contributed by atoms with Crippen LogP contribution in [0.15, 0.2) is 24.3 Å². The topological polar surface area (TPSA) is 21.3 Å². The van der Waals surface area contributed by atoms with Crippen molar-refractivity contribution in [2.24, 2.45) is 0 Å². The summed E-state index contributed by atoms with van der Waals surface area (Å²) in [5, 5.41) is 4.26. The van der Waals surface area contributed by atoms with Gasteiger partial charge in [0, 0.05) is 17.1 Å². The van der Waals surface area contributed by atoms with Crippen LogP contribution >= 0.6 is 11.6 Å². The molecule has 0 saturated carbocycles. The summed E-state index contributed by atoms with van der Waals surface area (Å²) >= 11 is 5.93. The van der Waals surface area contributed by atoms with Crippen molar-refractivity contribution in [1.82, 2.24) is 5.32 Å². The van der Waals surface area contributed by atoms with E-state index in [1.807, 2.05) is 24.3 Å². The predicted molar refractivity (Wildman–Crippen MR) is 78.1 cm³/mol. The van der Waals surface area contributed by atoms with E-state index >= 15 is 0 Å². The predicted octanol–water partition coefficient (Wildman–Crippen LogP) is 4.02. The number of halogens is 1. The van der Waals surface area contributed by atoms with E-state index in [-0.39, 0.29) is 11.6 Å². The lowest BCUT2D eigenvalue weighted by Crippen LogP contribution is -2.42. The van der Waals surface area contributed by atoms with E-state index in [1.54, 1.807) is 0 Å². The molecule has 1 rings (SSSR count). The van der Waals surface area contributed by atoms with Crippen LogP contribution in [0.4, 0.5) is 0 Å². The Morgan fingerprint density at radius 1 is 1.39 bits per heavy atom. The fraction of sp³-hybridized carbons (Fsp3) is 0.600. The monoisotopic (exact) mass is 269 g/mol. The minimum Gasteiger partial charge on any atom is -0.373 e. The molecule has 0 heterocycles. The summed E-state index contributed by atoms with van der Waals surface area (Å²) in [6.45, 7) is 10.2. The molecule has 1 aromatic carbocycles. The second-order valence-electron chi connectivity index (χ2n) is 5.37. The first-order valence-electron chi connectivity index (χ1n) is 6.54. The highest BCUT2D eigenvalue weighted by molar-refractivity contribution is 6.30. The van der Waals surface area contributed by atoms with Gasteiger partial charge in [0.15, 0.2) is 0 Å². The minimum atomic E-state index is 0.174. The first-order chi connectivity index (χ1) is 8.43. The smallest absolute Gasteiger partial charge is 0.0721 e. The molecule has 1 atom stereocenters. The fourth-order valence-electron chi connectivity index (χ4n) is 1.47.